The molecule has 1 rings (SSSR count). The molecule has 0 saturated heterocycles. The Labute approximate surface area is 135 Å². The normalized spacial score (nSPS) is 13.0. The van der Waals surface area contributed by atoms with Gasteiger partial charge in [-0.1, -0.05) is 27.2 Å². The van der Waals surface area contributed by atoms with E-state index in [1.54, 1.807) is 0 Å². The standard InChI is InChI=1S/C14H28N3O.BF4/c1-5-6-7-17-9-8-16(4)14(17)10-15-13(11-18)12(2)3;2-1(3,4)5/h8-9,12-13,15,18H,5-7,10-11H2,1-4H3;/q+1;-1/t13-;/m1./s1. The SMILES string of the molecule is CCCCn1cc[n+](C)c1CN[C@H](CO)C(C)C.F[B-](F)(F)F. The minimum atomic E-state index is -6.00. The van der Waals surface area contributed by atoms with Crippen molar-refractivity contribution in [2.24, 2.45) is 13.0 Å². The van der Waals surface area contributed by atoms with Gasteiger partial charge in [0, 0.05) is 6.04 Å². The Hall–Kier alpha value is -1.09. The number of hydrogen-bond acceptors (Lipinski definition) is 2. The van der Waals surface area contributed by atoms with Crippen LogP contribution in [0.25, 0.3) is 0 Å². The van der Waals surface area contributed by atoms with E-state index in [-0.39, 0.29) is 12.6 Å². The van der Waals surface area contributed by atoms with Gasteiger partial charge in [-0.2, -0.15) is 0 Å². The zero-order valence-electron chi connectivity index (χ0n) is 14.3. The highest BCUT2D eigenvalue weighted by molar-refractivity contribution is 6.50. The molecule has 9 heteroatoms. The van der Waals surface area contributed by atoms with E-state index < -0.39 is 7.25 Å². The summed E-state index contributed by atoms with van der Waals surface area (Å²) in [5, 5.41) is 12.8. The average Bonchev–Trinajstić information content (AvgIpc) is 2.76. The summed E-state index contributed by atoms with van der Waals surface area (Å²) in [5.41, 5.74) is 0. The first-order valence-electron chi connectivity index (χ1n) is 7.85. The van der Waals surface area contributed by atoms with Gasteiger partial charge in [-0.25, -0.2) is 9.13 Å². The van der Waals surface area contributed by atoms with Crippen molar-refractivity contribution in [3.8, 4) is 0 Å². The number of aromatic nitrogens is 2. The molecule has 0 bridgehead atoms. The third kappa shape index (κ3) is 10.3. The maximum atomic E-state index is 9.75. The third-order valence-corrected chi connectivity index (χ3v) is 3.49. The summed E-state index contributed by atoms with van der Waals surface area (Å²) in [6.45, 7) is 8.53. The van der Waals surface area contributed by atoms with Gasteiger partial charge in [0.25, 0.3) is 5.82 Å². The van der Waals surface area contributed by atoms with Crippen LogP contribution < -0.4 is 9.88 Å². The Bertz CT molecular complexity index is 432. The fourth-order valence-electron chi connectivity index (χ4n) is 2.05. The van der Waals surface area contributed by atoms with Crippen molar-refractivity contribution in [3.63, 3.8) is 0 Å². The van der Waals surface area contributed by atoms with E-state index in [4.69, 9.17) is 0 Å². The predicted octanol–water partition coefficient (Wildman–Crippen LogP) is 2.52. The number of imidazole rings is 1. The van der Waals surface area contributed by atoms with E-state index in [1.165, 1.54) is 18.7 Å². The van der Waals surface area contributed by atoms with Crippen molar-refractivity contribution in [3.05, 3.63) is 18.2 Å². The van der Waals surface area contributed by atoms with E-state index in [1.807, 2.05) is 0 Å². The molecule has 0 aliphatic heterocycles. The molecule has 0 aliphatic rings. The molecule has 1 heterocycles. The molecular weight excluding hydrogens is 313 g/mol. The molecule has 4 nitrogen and oxygen atoms in total. The van der Waals surface area contributed by atoms with Crippen molar-refractivity contribution in [2.45, 2.75) is 52.7 Å². The van der Waals surface area contributed by atoms with Gasteiger partial charge in [0.05, 0.1) is 26.7 Å². The lowest BCUT2D eigenvalue weighted by Gasteiger charge is -2.19. The Balaban J connectivity index is 0.000000841. The summed E-state index contributed by atoms with van der Waals surface area (Å²) in [7, 11) is -3.93. The van der Waals surface area contributed by atoms with Gasteiger partial charge in [-0.05, 0) is 12.3 Å². The molecule has 0 fully saturated rings. The van der Waals surface area contributed by atoms with E-state index >= 15 is 0 Å². The van der Waals surface area contributed by atoms with E-state index in [0.29, 0.717) is 5.92 Å². The second-order valence-corrected chi connectivity index (χ2v) is 5.78. The molecule has 1 atom stereocenters. The maximum Gasteiger partial charge on any atom is 0.673 e. The molecular formula is C14H28BF4N3O. The number of hydrogen-bond donors (Lipinski definition) is 2. The molecule has 0 aliphatic carbocycles. The molecule has 136 valence electrons. The summed E-state index contributed by atoms with van der Waals surface area (Å²) in [6, 6.07) is 0.166. The lowest BCUT2D eigenvalue weighted by atomic mass is 10.1. The van der Waals surface area contributed by atoms with Crippen LogP contribution >= 0.6 is 0 Å². The van der Waals surface area contributed by atoms with Crippen LogP contribution in [0.4, 0.5) is 17.3 Å². The zero-order chi connectivity index (χ0) is 18.0. The fourth-order valence-corrected chi connectivity index (χ4v) is 2.05. The molecule has 0 aromatic carbocycles. The summed E-state index contributed by atoms with van der Waals surface area (Å²) >= 11 is 0. The van der Waals surface area contributed by atoms with Crippen LogP contribution in [0.3, 0.4) is 0 Å². The van der Waals surface area contributed by atoms with Gasteiger partial charge in [0.2, 0.25) is 0 Å². The van der Waals surface area contributed by atoms with Gasteiger partial charge >= 0.3 is 7.25 Å². The number of rotatable bonds is 8. The quantitative estimate of drug-likeness (QED) is 0.433. The first kappa shape index (κ1) is 21.9. The zero-order valence-corrected chi connectivity index (χ0v) is 14.3. The second-order valence-electron chi connectivity index (χ2n) is 5.78. The molecule has 1 aromatic heterocycles. The Morgan fingerprint density at radius 1 is 1.30 bits per heavy atom. The lowest BCUT2D eigenvalue weighted by Crippen LogP contribution is -2.41. The molecule has 1 aromatic rings. The van der Waals surface area contributed by atoms with E-state index in [0.717, 1.165) is 13.1 Å². The van der Waals surface area contributed by atoms with Crippen molar-refractivity contribution < 1.29 is 26.9 Å². The topological polar surface area (TPSA) is 41.1 Å². The lowest BCUT2D eigenvalue weighted by molar-refractivity contribution is -0.679. The van der Waals surface area contributed by atoms with Gasteiger partial charge in [0.1, 0.15) is 12.4 Å². The minimum absolute atomic E-state index is 0.166. The van der Waals surface area contributed by atoms with Crippen molar-refractivity contribution in [2.75, 3.05) is 6.61 Å². The highest BCUT2D eigenvalue weighted by Gasteiger charge is 2.20. The predicted molar refractivity (Wildman–Crippen MR) is 83.3 cm³/mol. The minimum Gasteiger partial charge on any atom is -0.418 e. The van der Waals surface area contributed by atoms with Crippen LogP contribution in [0.2, 0.25) is 0 Å². The Morgan fingerprint density at radius 2 is 1.87 bits per heavy atom. The van der Waals surface area contributed by atoms with Crippen molar-refractivity contribution in [1.29, 1.82) is 0 Å². The van der Waals surface area contributed by atoms with Crippen LogP contribution in [-0.2, 0) is 20.1 Å². The molecule has 0 saturated carbocycles. The number of halogens is 4. The number of aryl methyl sites for hydroxylation is 2. The summed E-state index contributed by atoms with van der Waals surface area (Å²) in [5.74, 6) is 1.71. The number of nitrogens with zero attached hydrogens (tertiary/aromatic N) is 2. The van der Waals surface area contributed by atoms with Crippen molar-refractivity contribution in [1.82, 2.24) is 9.88 Å². The number of aliphatic hydroxyl groups is 1. The van der Waals surface area contributed by atoms with E-state index in [9.17, 15) is 22.4 Å². The number of nitrogens with one attached hydrogen (secondary N) is 1. The first-order chi connectivity index (χ1) is 10.6. The summed E-state index contributed by atoms with van der Waals surface area (Å²) in [4.78, 5) is 0. The van der Waals surface area contributed by atoms with E-state index in [2.05, 4.69) is 54.7 Å². The van der Waals surface area contributed by atoms with Crippen LogP contribution in [0, 0.1) is 5.92 Å². The number of aliphatic hydroxyl groups excluding tert-OH is 1. The van der Waals surface area contributed by atoms with Crippen LogP contribution in [0.5, 0.6) is 0 Å². The molecule has 0 amide bonds. The fraction of sp³-hybridized carbons (Fsp3) is 0.786. The van der Waals surface area contributed by atoms with Gasteiger partial charge in [0.15, 0.2) is 0 Å². The van der Waals surface area contributed by atoms with Gasteiger partial charge in [-0.15, -0.1) is 0 Å². The smallest absolute Gasteiger partial charge is 0.418 e. The number of unbranched alkanes of at least 4 members (excludes halogenated alkanes) is 1. The third-order valence-electron chi connectivity index (χ3n) is 3.49. The second kappa shape index (κ2) is 10.6. The van der Waals surface area contributed by atoms with Crippen LogP contribution in [0.1, 0.15) is 39.4 Å². The average molecular weight is 341 g/mol. The first-order valence-corrected chi connectivity index (χ1v) is 7.85. The monoisotopic (exact) mass is 341 g/mol. The summed E-state index contributed by atoms with van der Waals surface area (Å²) < 4.78 is 43.4. The van der Waals surface area contributed by atoms with Gasteiger partial charge in [-0.3, -0.25) is 0 Å². The molecule has 2 N–H and O–H groups in total. The van der Waals surface area contributed by atoms with Gasteiger partial charge < -0.3 is 27.7 Å². The molecule has 23 heavy (non-hydrogen) atoms. The largest absolute Gasteiger partial charge is 0.673 e. The molecule has 0 radical (unpaired) electrons. The molecule has 0 spiro atoms. The molecule has 0 unspecified atom stereocenters. The maximum absolute atomic E-state index is 9.75. The Morgan fingerprint density at radius 3 is 2.30 bits per heavy atom. The van der Waals surface area contributed by atoms with Crippen molar-refractivity contribution >= 4 is 7.25 Å². The highest BCUT2D eigenvalue weighted by atomic mass is 19.5. The van der Waals surface area contributed by atoms with Crippen LogP contribution in [0.15, 0.2) is 12.4 Å². The van der Waals surface area contributed by atoms with Crippen LogP contribution in [-0.4, -0.2) is 29.6 Å². The highest BCUT2D eigenvalue weighted by Crippen LogP contribution is 2.06. The Kier molecular flexibility index (Phi) is 10.1. The summed E-state index contributed by atoms with van der Waals surface area (Å²) in [6.07, 6.45) is 6.64.